The molecule has 106 valence electrons. The summed E-state index contributed by atoms with van der Waals surface area (Å²) in [6.07, 6.45) is 3.70. The minimum atomic E-state index is -0.151. The summed E-state index contributed by atoms with van der Waals surface area (Å²) in [7, 11) is 0. The Hall–Kier alpha value is -2.09. The number of para-hydroxylation sites is 1. The summed E-state index contributed by atoms with van der Waals surface area (Å²) in [4.78, 5) is 13.0. The van der Waals surface area contributed by atoms with Gasteiger partial charge in [-0.1, -0.05) is 48.9 Å². The lowest BCUT2D eigenvalue weighted by molar-refractivity contribution is 0.0945. The van der Waals surface area contributed by atoms with Crippen molar-refractivity contribution < 1.29 is 9.53 Å². The van der Waals surface area contributed by atoms with E-state index in [1.807, 2.05) is 42.5 Å². The molecule has 4 rings (SSSR count). The minimum absolute atomic E-state index is 0.151. The Balaban J connectivity index is 1.70. The van der Waals surface area contributed by atoms with E-state index in [-0.39, 0.29) is 11.7 Å². The Labute approximate surface area is 124 Å². The molecule has 1 saturated carbocycles. The van der Waals surface area contributed by atoms with Crippen LogP contribution in [0.1, 0.15) is 52.6 Å². The average Bonchev–Trinajstić information content (AvgIpc) is 2.89. The number of benzene rings is 2. The van der Waals surface area contributed by atoms with Gasteiger partial charge >= 0.3 is 0 Å². The highest BCUT2D eigenvalue weighted by Gasteiger charge is 2.33. The molecule has 1 aliphatic carbocycles. The molecule has 0 saturated heterocycles. The van der Waals surface area contributed by atoms with Gasteiger partial charge in [-0.15, -0.1) is 0 Å². The largest absolute Gasteiger partial charge is 0.492 e. The van der Waals surface area contributed by atoms with E-state index < -0.39 is 0 Å². The highest BCUT2D eigenvalue weighted by molar-refractivity contribution is 6.03. The van der Waals surface area contributed by atoms with Crippen LogP contribution in [0.2, 0.25) is 0 Å². The van der Waals surface area contributed by atoms with Gasteiger partial charge in [0.25, 0.3) is 0 Å². The van der Waals surface area contributed by atoms with Crippen molar-refractivity contribution in [2.75, 3.05) is 6.61 Å². The van der Waals surface area contributed by atoms with Crippen molar-refractivity contribution in [1.29, 1.82) is 0 Å². The third-order valence-corrected chi connectivity index (χ3v) is 4.79. The van der Waals surface area contributed by atoms with Crippen LogP contribution in [0.15, 0.2) is 48.5 Å². The smallest absolute Gasteiger partial charge is 0.174 e. The number of rotatable bonds is 3. The van der Waals surface area contributed by atoms with Crippen molar-refractivity contribution in [1.82, 2.24) is 0 Å². The van der Waals surface area contributed by atoms with Gasteiger partial charge in [-0.2, -0.15) is 0 Å². The Morgan fingerprint density at radius 1 is 0.952 bits per heavy atom. The van der Waals surface area contributed by atoms with E-state index in [9.17, 15) is 4.79 Å². The fourth-order valence-electron chi connectivity index (χ4n) is 3.36. The topological polar surface area (TPSA) is 26.3 Å². The van der Waals surface area contributed by atoms with Crippen LogP contribution < -0.4 is 4.74 Å². The van der Waals surface area contributed by atoms with Crippen molar-refractivity contribution in [3.05, 3.63) is 65.2 Å². The van der Waals surface area contributed by atoms with Crippen LogP contribution >= 0.6 is 0 Å². The zero-order valence-electron chi connectivity index (χ0n) is 11.9. The third-order valence-electron chi connectivity index (χ3n) is 4.79. The highest BCUT2D eigenvalue weighted by Crippen LogP contribution is 2.41. The average molecular weight is 278 g/mol. The maximum Gasteiger partial charge on any atom is 0.174 e. The first kappa shape index (κ1) is 12.6. The summed E-state index contributed by atoms with van der Waals surface area (Å²) in [5.41, 5.74) is 3.16. The van der Waals surface area contributed by atoms with Crippen molar-refractivity contribution in [3.8, 4) is 5.75 Å². The Morgan fingerprint density at radius 2 is 1.67 bits per heavy atom. The van der Waals surface area contributed by atoms with E-state index >= 15 is 0 Å². The van der Waals surface area contributed by atoms with E-state index in [1.54, 1.807) is 0 Å². The van der Waals surface area contributed by atoms with Crippen molar-refractivity contribution in [3.63, 3.8) is 0 Å². The van der Waals surface area contributed by atoms with E-state index in [0.29, 0.717) is 12.5 Å². The fourth-order valence-corrected chi connectivity index (χ4v) is 3.36. The van der Waals surface area contributed by atoms with E-state index in [0.717, 1.165) is 16.9 Å². The maximum atomic E-state index is 13.0. The number of ketones is 1. The van der Waals surface area contributed by atoms with Crippen LogP contribution in [0, 0.1) is 0 Å². The quantitative estimate of drug-likeness (QED) is 0.782. The minimum Gasteiger partial charge on any atom is -0.492 e. The molecule has 2 aromatic rings. The van der Waals surface area contributed by atoms with Crippen LogP contribution in [-0.4, -0.2) is 12.4 Å². The van der Waals surface area contributed by atoms with Crippen molar-refractivity contribution in [2.45, 2.75) is 31.1 Å². The van der Waals surface area contributed by atoms with Gasteiger partial charge in [-0.05, 0) is 30.4 Å². The maximum absolute atomic E-state index is 13.0. The van der Waals surface area contributed by atoms with Crippen LogP contribution in [-0.2, 0) is 0 Å². The third kappa shape index (κ3) is 2.06. The first-order valence-corrected chi connectivity index (χ1v) is 7.69. The van der Waals surface area contributed by atoms with Gasteiger partial charge in [0.1, 0.15) is 12.4 Å². The lowest BCUT2D eigenvalue weighted by Crippen LogP contribution is -2.19. The van der Waals surface area contributed by atoms with Gasteiger partial charge in [-0.25, -0.2) is 0 Å². The molecule has 2 nitrogen and oxygen atoms in total. The SMILES string of the molecule is O=C(c1ccccc1C1CCC1)C1COc2ccccc21. The second-order valence-electron chi connectivity index (χ2n) is 5.98. The molecule has 0 bridgehead atoms. The molecule has 2 aliphatic rings. The highest BCUT2D eigenvalue weighted by atomic mass is 16.5. The molecule has 0 amide bonds. The number of carbonyl (C=O) groups excluding carboxylic acids is 1. The normalized spacial score (nSPS) is 20.5. The number of Topliss-reactive ketones (excluding diaryl/α,β-unsaturated/α-hetero) is 1. The Morgan fingerprint density at radius 3 is 2.43 bits per heavy atom. The summed E-state index contributed by atoms with van der Waals surface area (Å²) in [5, 5.41) is 0. The summed E-state index contributed by atoms with van der Waals surface area (Å²) < 4.78 is 5.67. The van der Waals surface area contributed by atoms with Crippen LogP contribution in [0.25, 0.3) is 0 Å². The first-order valence-electron chi connectivity index (χ1n) is 7.69. The van der Waals surface area contributed by atoms with Crippen LogP contribution in [0.3, 0.4) is 0 Å². The molecule has 1 heterocycles. The van der Waals surface area contributed by atoms with Gasteiger partial charge in [-0.3, -0.25) is 4.79 Å². The molecule has 1 atom stereocenters. The number of hydrogen-bond acceptors (Lipinski definition) is 2. The van der Waals surface area contributed by atoms with Gasteiger partial charge in [0.2, 0.25) is 0 Å². The van der Waals surface area contributed by atoms with Crippen molar-refractivity contribution >= 4 is 5.78 Å². The summed E-state index contributed by atoms with van der Waals surface area (Å²) >= 11 is 0. The lowest BCUT2D eigenvalue weighted by Gasteiger charge is -2.28. The molecule has 2 heteroatoms. The molecule has 0 radical (unpaired) electrons. The van der Waals surface area contributed by atoms with Gasteiger partial charge in [0.15, 0.2) is 5.78 Å². The van der Waals surface area contributed by atoms with E-state index in [4.69, 9.17) is 4.74 Å². The van der Waals surface area contributed by atoms with E-state index in [1.165, 1.54) is 24.8 Å². The molecule has 0 N–H and O–H groups in total. The van der Waals surface area contributed by atoms with E-state index in [2.05, 4.69) is 6.07 Å². The zero-order valence-corrected chi connectivity index (χ0v) is 11.9. The molecule has 0 aromatic heterocycles. The Kier molecular flexibility index (Phi) is 3.03. The number of carbonyl (C=O) groups is 1. The molecular formula is C19H18O2. The summed E-state index contributed by atoms with van der Waals surface area (Å²) in [6.45, 7) is 0.469. The molecule has 1 unspecified atom stereocenters. The monoisotopic (exact) mass is 278 g/mol. The van der Waals surface area contributed by atoms with Gasteiger partial charge in [0.05, 0.1) is 5.92 Å². The molecule has 1 aliphatic heterocycles. The number of fused-ring (bicyclic) bond motifs is 1. The number of ether oxygens (including phenoxy) is 1. The number of hydrogen-bond donors (Lipinski definition) is 0. The molecule has 2 aromatic carbocycles. The standard InChI is InChI=1S/C19H18O2/c20-19(17-12-21-18-11-4-3-9-15(17)18)16-10-2-1-8-14(16)13-6-5-7-13/h1-4,8-11,13,17H,5-7,12H2. The second kappa shape index (κ2) is 5.03. The molecular weight excluding hydrogens is 260 g/mol. The van der Waals surface area contributed by atoms with Gasteiger partial charge < -0.3 is 4.74 Å². The predicted octanol–water partition coefficient (Wildman–Crippen LogP) is 4.31. The van der Waals surface area contributed by atoms with Crippen molar-refractivity contribution in [2.24, 2.45) is 0 Å². The fraction of sp³-hybridized carbons (Fsp3) is 0.316. The summed E-state index contributed by atoms with van der Waals surface area (Å²) in [5.74, 6) is 1.49. The predicted molar refractivity (Wildman–Crippen MR) is 82.0 cm³/mol. The first-order chi connectivity index (χ1) is 10.3. The van der Waals surface area contributed by atoms with Crippen LogP contribution in [0.4, 0.5) is 0 Å². The molecule has 21 heavy (non-hydrogen) atoms. The lowest BCUT2D eigenvalue weighted by atomic mass is 9.76. The Bertz CT molecular complexity index is 685. The van der Waals surface area contributed by atoms with Gasteiger partial charge in [0, 0.05) is 11.1 Å². The summed E-state index contributed by atoms with van der Waals surface area (Å²) in [6, 6.07) is 16.0. The zero-order chi connectivity index (χ0) is 14.2. The molecule has 0 spiro atoms. The van der Waals surface area contributed by atoms with Crippen LogP contribution in [0.5, 0.6) is 5.75 Å². The molecule has 1 fully saturated rings. The second-order valence-corrected chi connectivity index (χ2v) is 5.98.